The minimum absolute atomic E-state index is 0.0992. The molecule has 0 spiro atoms. The highest BCUT2D eigenvalue weighted by Crippen LogP contribution is 2.48. The number of carbonyl (C=O) groups excluding carboxylic acids is 2. The highest BCUT2D eigenvalue weighted by atomic mass is 32.2. The second-order valence-corrected chi connectivity index (χ2v) is 18.7. The van der Waals surface area contributed by atoms with E-state index in [-0.39, 0.29) is 24.9 Å². The summed E-state index contributed by atoms with van der Waals surface area (Å²) in [5.74, 6) is 0.269. The van der Waals surface area contributed by atoms with Crippen LogP contribution in [-0.2, 0) is 46.5 Å². The lowest BCUT2D eigenvalue weighted by Crippen LogP contribution is -2.64. The van der Waals surface area contributed by atoms with Crippen molar-refractivity contribution >= 4 is 38.5 Å². The largest absolute Gasteiger partial charge is 0.472 e. The number of carbonyl (C=O) groups is 2. The molecule has 1 rings (SSSR count). The fourth-order valence-electron chi connectivity index (χ4n) is 6.37. The first-order valence-corrected chi connectivity index (χ1v) is 25.3. The van der Waals surface area contributed by atoms with Crippen LogP contribution in [0.25, 0.3) is 0 Å². The van der Waals surface area contributed by atoms with Gasteiger partial charge >= 0.3 is 21.6 Å². The average molecular weight is 897 g/mol. The summed E-state index contributed by atoms with van der Waals surface area (Å²) < 4.78 is 54.8. The molecule has 0 aromatic carbocycles. The first-order chi connectivity index (χ1) is 27.6. The normalized spacial score (nSPS) is 22.8. The van der Waals surface area contributed by atoms with Crippen LogP contribution in [0.1, 0.15) is 155 Å². The molecule has 1 aliphatic carbocycles. The van der Waals surface area contributed by atoms with Gasteiger partial charge in [-0.2, -0.15) is 0 Å². The van der Waals surface area contributed by atoms with Gasteiger partial charge in [-0.05, 0) is 25.7 Å². The number of phosphoric ester groups is 2. The number of thioether (sulfide) groups is 1. The summed E-state index contributed by atoms with van der Waals surface area (Å²) >= 11 is 1.41. The maximum absolute atomic E-state index is 12.9. The van der Waals surface area contributed by atoms with Crippen LogP contribution in [0.3, 0.4) is 0 Å². The Morgan fingerprint density at radius 2 is 1.07 bits per heavy atom. The predicted octanol–water partition coefficient (Wildman–Crippen LogP) is 6.21. The SMILES string of the molecule is CCCCCCCCCCCCCCCC(=O)O[C@H](COCOCCCCCCCCSC(=O)CCC)COP(=O)(O)OC1C(O)[C@H](O)C(OP(=O)(O)O)[C@H](O)[C@@H]1O. The van der Waals surface area contributed by atoms with Crippen LogP contribution in [0.2, 0.25) is 0 Å². The van der Waals surface area contributed by atoms with Crippen LogP contribution in [0, 0.1) is 0 Å². The maximum atomic E-state index is 12.9. The summed E-state index contributed by atoms with van der Waals surface area (Å²) in [6.45, 7) is 3.47. The van der Waals surface area contributed by atoms with Crippen LogP contribution < -0.4 is 0 Å². The lowest BCUT2D eigenvalue weighted by molar-refractivity contribution is -0.216. The first kappa shape index (κ1) is 55.5. The number of ether oxygens (including phenoxy) is 3. The molecule has 0 bridgehead atoms. The minimum atomic E-state index is -5.29. The molecule has 1 aliphatic rings. The van der Waals surface area contributed by atoms with E-state index in [4.69, 9.17) is 33.0 Å². The molecule has 0 heterocycles. The molecule has 4 unspecified atom stereocenters. The molecule has 0 aliphatic heterocycles. The third-order valence-electron chi connectivity index (χ3n) is 9.64. The summed E-state index contributed by atoms with van der Waals surface area (Å²) in [7, 11) is -10.5. The zero-order valence-electron chi connectivity index (χ0n) is 34.6. The Labute approximate surface area is 349 Å². The van der Waals surface area contributed by atoms with Gasteiger partial charge in [0.25, 0.3) is 0 Å². The van der Waals surface area contributed by atoms with Gasteiger partial charge in [-0.1, -0.05) is 128 Å². The van der Waals surface area contributed by atoms with Crippen LogP contribution in [-0.4, -0.2) is 121 Å². The summed E-state index contributed by atoms with van der Waals surface area (Å²) in [4.78, 5) is 52.8. The van der Waals surface area contributed by atoms with Crippen molar-refractivity contribution in [1.82, 2.24) is 0 Å². The second-order valence-electron chi connectivity index (χ2n) is 15.0. The van der Waals surface area contributed by atoms with Gasteiger partial charge < -0.3 is 49.3 Å². The van der Waals surface area contributed by atoms with E-state index in [0.717, 1.165) is 76.4 Å². The zero-order chi connectivity index (χ0) is 43.2. The topological polar surface area (TPSA) is 265 Å². The van der Waals surface area contributed by atoms with Crippen molar-refractivity contribution in [2.24, 2.45) is 0 Å². The monoisotopic (exact) mass is 896 g/mol. The molecule has 17 nitrogen and oxygen atoms in total. The molecule has 1 saturated carbocycles. The fraction of sp³-hybridized carbons (Fsp3) is 0.947. The zero-order valence-corrected chi connectivity index (χ0v) is 37.3. The first-order valence-electron chi connectivity index (χ1n) is 21.2. The Bertz CT molecular complexity index is 1150. The van der Waals surface area contributed by atoms with Crippen molar-refractivity contribution < 1.29 is 81.6 Å². The van der Waals surface area contributed by atoms with Gasteiger partial charge in [0.15, 0.2) is 5.12 Å². The van der Waals surface area contributed by atoms with Crippen LogP contribution >= 0.6 is 27.4 Å². The van der Waals surface area contributed by atoms with Gasteiger partial charge in [0.1, 0.15) is 49.5 Å². The molecule has 0 aromatic rings. The molecular formula is C38H74O17P2S. The number of unbranched alkanes of at least 4 members (excludes halogenated alkanes) is 17. The Kier molecular flexibility index (Phi) is 31.7. The Morgan fingerprint density at radius 3 is 1.59 bits per heavy atom. The van der Waals surface area contributed by atoms with Crippen molar-refractivity contribution in [3.8, 4) is 0 Å². The van der Waals surface area contributed by atoms with Gasteiger partial charge in [0, 0.05) is 25.2 Å². The molecule has 0 radical (unpaired) electrons. The molecule has 7 N–H and O–H groups in total. The summed E-state index contributed by atoms with van der Waals surface area (Å²) in [6.07, 6.45) is 7.82. The van der Waals surface area contributed by atoms with Crippen molar-refractivity contribution in [1.29, 1.82) is 0 Å². The van der Waals surface area contributed by atoms with E-state index in [1.165, 1.54) is 63.1 Å². The highest BCUT2D eigenvalue weighted by molar-refractivity contribution is 8.13. The van der Waals surface area contributed by atoms with E-state index in [1.807, 2.05) is 6.92 Å². The van der Waals surface area contributed by atoms with E-state index >= 15 is 0 Å². The van der Waals surface area contributed by atoms with Gasteiger partial charge in [-0.15, -0.1) is 0 Å². The molecule has 344 valence electrons. The number of hydrogen-bond donors (Lipinski definition) is 7. The number of rotatable bonds is 37. The quantitative estimate of drug-likeness (QED) is 0.0158. The van der Waals surface area contributed by atoms with Crippen LogP contribution in [0.4, 0.5) is 0 Å². The lowest BCUT2D eigenvalue weighted by Gasteiger charge is -2.43. The molecule has 58 heavy (non-hydrogen) atoms. The van der Waals surface area contributed by atoms with E-state index in [9.17, 15) is 44.0 Å². The van der Waals surface area contributed by atoms with E-state index < -0.39 is 70.9 Å². The Morgan fingerprint density at radius 1 is 0.586 bits per heavy atom. The maximum Gasteiger partial charge on any atom is 0.472 e. The number of hydrogen-bond acceptors (Lipinski definition) is 15. The van der Waals surface area contributed by atoms with Crippen LogP contribution in [0.5, 0.6) is 0 Å². The fourth-order valence-corrected chi connectivity index (χ4v) is 8.84. The summed E-state index contributed by atoms with van der Waals surface area (Å²) in [6, 6.07) is 0. The third-order valence-corrected chi connectivity index (χ3v) is 12.2. The van der Waals surface area contributed by atoms with Gasteiger partial charge in [0.2, 0.25) is 0 Å². The summed E-state index contributed by atoms with van der Waals surface area (Å²) in [5, 5.41) is 41.6. The molecular weight excluding hydrogens is 822 g/mol. The predicted molar refractivity (Wildman–Crippen MR) is 219 cm³/mol. The van der Waals surface area contributed by atoms with Crippen molar-refractivity contribution in [3.63, 3.8) is 0 Å². The number of aliphatic hydroxyl groups is 4. The molecule has 0 saturated heterocycles. The molecule has 0 aromatic heterocycles. The number of phosphoric acid groups is 2. The molecule has 1 fully saturated rings. The van der Waals surface area contributed by atoms with Crippen molar-refractivity contribution in [2.75, 3.05) is 32.4 Å². The van der Waals surface area contributed by atoms with Crippen molar-refractivity contribution in [3.05, 3.63) is 0 Å². The lowest BCUT2D eigenvalue weighted by atomic mass is 9.85. The van der Waals surface area contributed by atoms with E-state index in [1.54, 1.807) is 0 Å². The minimum Gasteiger partial charge on any atom is -0.457 e. The van der Waals surface area contributed by atoms with Gasteiger partial charge in [-0.25, -0.2) is 9.13 Å². The van der Waals surface area contributed by atoms with E-state index in [0.29, 0.717) is 19.4 Å². The van der Waals surface area contributed by atoms with Crippen LogP contribution in [0.15, 0.2) is 0 Å². The average Bonchev–Trinajstić information content (AvgIpc) is 3.16. The molecule has 8 atom stereocenters. The number of aliphatic hydroxyl groups excluding tert-OH is 4. The molecule has 20 heteroatoms. The smallest absolute Gasteiger partial charge is 0.457 e. The highest BCUT2D eigenvalue weighted by Gasteiger charge is 2.54. The van der Waals surface area contributed by atoms with E-state index in [2.05, 4.69) is 11.4 Å². The van der Waals surface area contributed by atoms with Gasteiger partial charge in [0.05, 0.1) is 13.2 Å². The Hall–Kier alpha value is -0.530. The third kappa shape index (κ3) is 27.4. The Balaban J connectivity index is 2.55. The number of esters is 1. The van der Waals surface area contributed by atoms with Crippen molar-refractivity contribution in [2.45, 2.75) is 198 Å². The molecule has 0 amide bonds. The standard InChI is InChI=1S/C38H74O17P2S/c1-3-5-6-7-8-9-10-11-12-13-14-17-20-24-31(39)53-30(27-51-29-50-25-21-18-15-16-19-22-26-58-32(40)23-4-2)28-52-57(48,49)55-38-35(43)33(41)37(34(42)36(38)44)54-56(45,46)47/h30,33-38,41-44H,3-29H2,1-2H3,(H,48,49)(H2,45,46,47)/t30-,33-,34+,35+,36?,37?,38?/m1/s1. The summed E-state index contributed by atoms with van der Waals surface area (Å²) in [5.41, 5.74) is 0. The van der Waals surface area contributed by atoms with Gasteiger partial charge in [-0.3, -0.25) is 23.2 Å². The second kappa shape index (κ2) is 33.1.